The maximum atomic E-state index is 11.8. The number of carbonyl (C=O) groups is 1. The Bertz CT molecular complexity index is 374. The second kappa shape index (κ2) is 5.32. The van der Waals surface area contributed by atoms with Crippen LogP contribution < -0.4 is 11.1 Å². The molecule has 5 nitrogen and oxygen atoms in total. The number of hydrogen-bond acceptors (Lipinski definition) is 4. The molecule has 0 bridgehead atoms. The number of nitrogens with zero attached hydrogens (tertiary/aromatic N) is 1. The van der Waals surface area contributed by atoms with Gasteiger partial charge in [-0.1, -0.05) is 0 Å². The van der Waals surface area contributed by atoms with Gasteiger partial charge in [-0.05, 0) is 20.8 Å². The topological polar surface area (TPSA) is 81.2 Å². The molecule has 0 aliphatic carbocycles. The van der Waals surface area contributed by atoms with Crippen LogP contribution in [-0.2, 0) is 0 Å². The molecule has 1 aromatic rings. The Balaban J connectivity index is 0.00000225. The molecule has 0 saturated heterocycles. The van der Waals surface area contributed by atoms with Gasteiger partial charge in [0, 0.05) is 19.0 Å². The second-order valence-corrected chi connectivity index (χ2v) is 4.19. The lowest BCUT2D eigenvalue weighted by Crippen LogP contribution is -2.48. The number of rotatable bonds is 3. The smallest absolute Gasteiger partial charge is 0.289 e. The van der Waals surface area contributed by atoms with Gasteiger partial charge in [0.1, 0.15) is 0 Å². The summed E-state index contributed by atoms with van der Waals surface area (Å²) >= 11 is 0. The van der Waals surface area contributed by atoms with Crippen molar-refractivity contribution >= 4 is 18.3 Å². The van der Waals surface area contributed by atoms with Gasteiger partial charge < -0.3 is 15.5 Å². The Hall–Kier alpha value is -1.07. The van der Waals surface area contributed by atoms with E-state index in [-0.39, 0.29) is 24.1 Å². The van der Waals surface area contributed by atoms with Gasteiger partial charge in [0.25, 0.3) is 5.91 Å². The average molecular weight is 248 g/mol. The van der Waals surface area contributed by atoms with Crippen molar-refractivity contribution in [3.05, 3.63) is 17.3 Å². The van der Waals surface area contributed by atoms with Gasteiger partial charge in [-0.3, -0.25) is 4.79 Å². The first-order chi connectivity index (χ1) is 6.85. The van der Waals surface area contributed by atoms with Crippen LogP contribution in [0.1, 0.15) is 36.0 Å². The minimum atomic E-state index is -0.440. The van der Waals surface area contributed by atoms with E-state index in [9.17, 15) is 4.79 Å². The van der Waals surface area contributed by atoms with Crippen LogP contribution in [0.15, 0.2) is 4.42 Å². The average Bonchev–Trinajstić information content (AvgIpc) is 2.45. The Morgan fingerprint density at radius 3 is 2.44 bits per heavy atom. The van der Waals surface area contributed by atoms with Gasteiger partial charge in [-0.15, -0.1) is 12.4 Å². The van der Waals surface area contributed by atoms with Crippen LogP contribution in [0.5, 0.6) is 0 Å². The third-order valence-electron chi connectivity index (χ3n) is 2.07. The standard InChI is InChI=1S/C10H17N3O2.ClH/c1-6-8(15-7(2)12-6)9(14)13-10(3,4)5-11;/h5,11H2,1-4H3,(H,13,14);1H. The summed E-state index contributed by atoms with van der Waals surface area (Å²) in [5.74, 6) is 0.473. The number of hydrogen-bond donors (Lipinski definition) is 2. The molecule has 0 aliphatic rings. The molecule has 0 atom stereocenters. The van der Waals surface area contributed by atoms with E-state index in [2.05, 4.69) is 10.3 Å². The van der Waals surface area contributed by atoms with Crippen molar-refractivity contribution in [3.63, 3.8) is 0 Å². The van der Waals surface area contributed by atoms with Crippen LogP contribution in [0.2, 0.25) is 0 Å². The highest BCUT2D eigenvalue weighted by Crippen LogP contribution is 2.10. The van der Waals surface area contributed by atoms with Crippen molar-refractivity contribution in [3.8, 4) is 0 Å². The van der Waals surface area contributed by atoms with E-state index >= 15 is 0 Å². The van der Waals surface area contributed by atoms with E-state index in [1.165, 1.54) is 0 Å². The molecule has 1 amide bonds. The Labute approximate surface area is 101 Å². The van der Waals surface area contributed by atoms with Crippen LogP contribution >= 0.6 is 12.4 Å². The number of aryl methyl sites for hydroxylation is 2. The molecule has 0 fully saturated rings. The molecule has 0 spiro atoms. The summed E-state index contributed by atoms with van der Waals surface area (Å²) in [5.41, 5.74) is 5.67. The van der Waals surface area contributed by atoms with E-state index in [1.807, 2.05) is 13.8 Å². The van der Waals surface area contributed by atoms with E-state index in [1.54, 1.807) is 13.8 Å². The first kappa shape index (κ1) is 14.9. The highest BCUT2D eigenvalue weighted by molar-refractivity contribution is 5.92. The number of amides is 1. The molecule has 6 heteroatoms. The molecule has 3 N–H and O–H groups in total. The molecule has 0 aromatic carbocycles. The normalized spacial score (nSPS) is 10.8. The number of nitrogens with two attached hydrogens (primary N) is 1. The maximum absolute atomic E-state index is 11.8. The summed E-state index contributed by atoms with van der Waals surface area (Å²) < 4.78 is 5.20. The monoisotopic (exact) mass is 247 g/mol. The Morgan fingerprint density at radius 1 is 1.50 bits per heavy atom. The van der Waals surface area contributed by atoms with E-state index < -0.39 is 5.54 Å². The zero-order chi connectivity index (χ0) is 11.6. The van der Waals surface area contributed by atoms with Crippen molar-refractivity contribution in [2.45, 2.75) is 33.2 Å². The van der Waals surface area contributed by atoms with Crippen LogP contribution in [0.4, 0.5) is 0 Å². The molecule has 1 heterocycles. The molecule has 1 rings (SSSR count). The van der Waals surface area contributed by atoms with Crippen molar-refractivity contribution in [2.24, 2.45) is 5.73 Å². The molecule has 0 radical (unpaired) electrons. The summed E-state index contributed by atoms with van der Waals surface area (Å²) in [5, 5.41) is 2.78. The SMILES string of the molecule is Cc1nc(C)c(C(=O)NC(C)(C)CN)o1.Cl. The van der Waals surface area contributed by atoms with Gasteiger partial charge in [0.05, 0.1) is 5.69 Å². The summed E-state index contributed by atoms with van der Waals surface area (Å²) in [7, 11) is 0. The lowest BCUT2D eigenvalue weighted by Gasteiger charge is -2.23. The minimum absolute atomic E-state index is 0. The van der Waals surface area contributed by atoms with Gasteiger partial charge in [0.15, 0.2) is 5.89 Å². The van der Waals surface area contributed by atoms with Crippen LogP contribution in [0.3, 0.4) is 0 Å². The fraction of sp³-hybridized carbons (Fsp3) is 0.600. The third kappa shape index (κ3) is 3.50. The Kier molecular flexibility index (Phi) is 4.96. The zero-order valence-electron chi connectivity index (χ0n) is 9.96. The highest BCUT2D eigenvalue weighted by atomic mass is 35.5. The third-order valence-corrected chi connectivity index (χ3v) is 2.07. The van der Waals surface area contributed by atoms with Crippen molar-refractivity contribution < 1.29 is 9.21 Å². The van der Waals surface area contributed by atoms with Crippen molar-refractivity contribution in [2.75, 3.05) is 6.54 Å². The highest BCUT2D eigenvalue weighted by Gasteiger charge is 2.23. The lowest BCUT2D eigenvalue weighted by atomic mass is 10.1. The lowest BCUT2D eigenvalue weighted by molar-refractivity contribution is 0.0885. The van der Waals surface area contributed by atoms with Gasteiger partial charge >= 0.3 is 0 Å². The van der Waals surface area contributed by atoms with E-state index in [4.69, 9.17) is 10.2 Å². The molecular weight excluding hydrogens is 230 g/mol. The Morgan fingerprint density at radius 2 is 2.06 bits per heavy atom. The number of aromatic nitrogens is 1. The first-order valence-electron chi connectivity index (χ1n) is 4.82. The largest absolute Gasteiger partial charge is 0.436 e. The maximum Gasteiger partial charge on any atom is 0.289 e. The molecular formula is C10H18ClN3O2. The summed E-state index contributed by atoms with van der Waals surface area (Å²) in [6.45, 7) is 7.51. The quantitative estimate of drug-likeness (QED) is 0.841. The molecule has 16 heavy (non-hydrogen) atoms. The summed E-state index contributed by atoms with van der Waals surface area (Å²) in [6.07, 6.45) is 0. The molecule has 1 aromatic heterocycles. The molecule has 0 aliphatic heterocycles. The van der Waals surface area contributed by atoms with Gasteiger partial charge in [-0.2, -0.15) is 0 Å². The minimum Gasteiger partial charge on any atom is -0.436 e. The second-order valence-electron chi connectivity index (χ2n) is 4.19. The van der Waals surface area contributed by atoms with E-state index in [0.29, 0.717) is 18.1 Å². The van der Waals surface area contributed by atoms with Crippen molar-refractivity contribution in [1.82, 2.24) is 10.3 Å². The van der Waals surface area contributed by atoms with Gasteiger partial charge in [0.2, 0.25) is 5.76 Å². The fourth-order valence-corrected chi connectivity index (χ4v) is 1.16. The summed E-state index contributed by atoms with van der Waals surface area (Å²) in [6, 6.07) is 0. The number of halogens is 1. The molecule has 92 valence electrons. The number of nitrogens with one attached hydrogen (secondary N) is 1. The molecule has 0 unspecified atom stereocenters. The van der Waals surface area contributed by atoms with Crippen LogP contribution in [0.25, 0.3) is 0 Å². The van der Waals surface area contributed by atoms with E-state index in [0.717, 1.165) is 0 Å². The first-order valence-corrected chi connectivity index (χ1v) is 4.82. The number of oxazole rings is 1. The number of carbonyl (C=O) groups excluding carboxylic acids is 1. The fourth-order valence-electron chi connectivity index (χ4n) is 1.16. The van der Waals surface area contributed by atoms with Crippen LogP contribution in [0, 0.1) is 13.8 Å². The van der Waals surface area contributed by atoms with Crippen LogP contribution in [-0.4, -0.2) is 23.0 Å². The van der Waals surface area contributed by atoms with Gasteiger partial charge in [-0.25, -0.2) is 4.98 Å². The molecule has 0 saturated carbocycles. The summed E-state index contributed by atoms with van der Waals surface area (Å²) in [4.78, 5) is 15.8. The zero-order valence-corrected chi connectivity index (χ0v) is 10.8. The predicted octanol–water partition coefficient (Wildman–Crippen LogP) is 1.18. The predicted molar refractivity (Wildman–Crippen MR) is 63.8 cm³/mol. The van der Waals surface area contributed by atoms with Crippen molar-refractivity contribution in [1.29, 1.82) is 0 Å².